The summed E-state index contributed by atoms with van der Waals surface area (Å²) in [5.41, 5.74) is 7.91. The van der Waals surface area contributed by atoms with Gasteiger partial charge in [-0.15, -0.1) is 0 Å². The maximum Gasteiger partial charge on any atom is 0.248 e. The van der Waals surface area contributed by atoms with Crippen molar-refractivity contribution < 1.29 is 9.59 Å². The standard InChI is InChI=1S/C34H43N5O2/c1-8-24(4)22-35-34-30(25(5)23(2)3)21-31(38-34)27-13-17-29(18-14-27)37-33(41)20-26-11-15-28(16-12-26)36-32(40)10-9-19-39(6)7/h9-18,21-23H,8,19-20H2,1-7H3,(H,35,38)(H,36,40)(H,37,41)/b10-9+,24-22+,30-25+. The lowest BCUT2D eigenvalue weighted by Crippen LogP contribution is -2.18. The molecule has 1 aliphatic rings. The van der Waals surface area contributed by atoms with Crippen molar-refractivity contribution in [2.75, 3.05) is 31.3 Å². The number of amidine groups is 1. The Morgan fingerprint density at radius 2 is 1.61 bits per heavy atom. The first-order valence-corrected chi connectivity index (χ1v) is 14.1. The zero-order valence-corrected chi connectivity index (χ0v) is 25.3. The van der Waals surface area contributed by atoms with Crippen LogP contribution < -0.4 is 16.0 Å². The summed E-state index contributed by atoms with van der Waals surface area (Å²) in [7, 11) is 3.89. The van der Waals surface area contributed by atoms with E-state index in [2.05, 4.69) is 56.6 Å². The molecule has 3 N–H and O–H groups in total. The van der Waals surface area contributed by atoms with Crippen LogP contribution in [0.2, 0.25) is 0 Å². The highest BCUT2D eigenvalue weighted by Gasteiger charge is 2.20. The van der Waals surface area contributed by atoms with Crippen molar-refractivity contribution in [2.24, 2.45) is 10.9 Å². The molecular formula is C34H43N5O2. The molecule has 0 aromatic heterocycles. The Kier molecular flexibility index (Phi) is 11.4. The van der Waals surface area contributed by atoms with Gasteiger partial charge in [-0.1, -0.05) is 62.3 Å². The van der Waals surface area contributed by atoms with Crippen molar-refractivity contribution in [2.45, 2.75) is 47.5 Å². The molecule has 0 bridgehead atoms. The van der Waals surface area contributed by atoms with Gasteiger partial charge >= 0.3 is 0 Å². The maximum atomic E-state index is 12.7. The number of amides is 2. The number of anilines is 2. The van der Waals surface area contributed by atoms with E-state index in [0.29, 0.717) is 18.2 Å². The zero-order chi connectivity index (χ0) is 29.9. The number of likely N-dealkylation sites (N-methyl/N-ethyl adjacent to an activating group) is 1. The second-order valence-corrected chi connectivity index (χ2v) is 10.9. The van der Waals surface area contributed by atoms with Crippen molar-refractivity contribution in [3.8, 4) is 0 Å². The average Bonchev–Trinajstić information content (AvgIpc) is 3.36. The number of carbonyl (C=O) groups is 2. The summed E-state index contributed by atoms with van der Waals surface area (Å²) in [5, 5.41) is 9.29. The van der Waals surface area contributed by atoms with Gasteiger partial charge in [0, 0.05) is 41.5 Å². The molecule has 0 radical (unpaired) electrons. The third kappa shape index (κ3) is 9.72. The molecular weight excluding hydrogens is 510 g/mol. The van der Waals surface area contributed by atoms with Crippen molar-refractivity contribution in [3.05, 3.63) is 101 Å². The van der Waals surface area contributed by atoms with Gasteiger partial charge in [-0.3, -0.25) is 9.59 Å². The van der Waals surface area contributed by atoms with Gasteiger partial charge in [0.1, 0.15) is 5.84 Å². The average molecular weight is 554 g/mol. The van der Waals surface area contributed by atoms with Gasteiger partial charge in [0.15, 0.2) is 0 Å². The van der Waals surface area contributed by atoms with Crippen LogP contribution in [0.15, 0.2) is 94.7 Å². The van der Waals surface area contributed by atoms with Crippen molar-refractivity contribution in [1.82, 2.24) is 10.2 Å². The number of benzene rings is 2. The molecule has 1 aliphatic heterocycles. The number of aliphatic imine (C=N–C) groups is 1. The van der Waals surface area contributed by atoms with Gasteiger partial charge in [0.05, 0.1) is 6.42 Å². The lowest BCUT2D eigenvalue weighted by molar-refractivity contribution is -0.115. The minimum atomic E-state index is -0.182. The molecule has 0 saturated heterocycles. The number of allylic oxidation sites excluding steroid dienone is 2. The van der Waals surface area contributed by atoms with E-state index in [9.17, 15) is 9.59 Å². The molecule has 1 heterocycles. The Morgan fingerprint density at radius 1 is 0.976 bits per heavy atom. The number of hydrogen-bond donors (Lipinski definition) is 3. The summed E-state index contributed by atoms with van der Waals surface area (Å²) < 4.78 is 0. The maximum absolute atomic E-state index is 12.7. The van der Waals surface area contributed by atoms with Gasteiger partial charge in [-0.25, -0.2) is 4.99 Å². The van der Waals surface area contributed by atoms with E-state index in [1.54, 1.807) is 12.1 Å². The molecule has 0 aliphatic carbocycles. The molecule has 41 heavy (non-hydrogen) atoms. The van der Waals surface area contributed by atoms with E-state index >= 15 is 0 Å². The minimum Gasteiger partial charge on any atom is -0.339 e. The molecule has 7 heteroatoms. The van der Waals surface area contributed by atoms with Crippen LogP contribution in [0.1, 0.15) is 52.2 Å². The fraction of sp³-hybridized carbons (Fsp3) is 0.324. The summed E-state index contributed by atoms with van der Waals surface area (Å²) in [5.74, 6) is 0.984. The molecule has 3 rings (SSSR count). The third-order valence-electron chi connectivity index (χ3n) is 6.87. The van der Waals surface area contributed by atoms with Gasteiger partial charge in [-0.05, 0) is 81.7 Å². The number of carbonyl (C=O) groups excluding carboxylic acids is 2. The number of nitrogens with one attached hydrogen (secondary N) is 3. The monoisotopic (exact) mass is 553 g/mol. The Labute approximate surface area is 244 Å². The lowest BCUT2D eigenvalue weighted by Gasteiger charge is -2.10. The third-order valence-corrected chi connectivity index (χ3v) is 6.87. The molecule has 7 nitrogen and oxygen atoms in total. The normalized spacial score (nSPS) is 15.9. The highest BCUT2D eigenvalue weighted by Crippen LogP contribution is 2.27. The fourth-order valence-corrected chi connectivity index (χ4v) is 3.96. The molecule has 0 spiro atoms. The first kappa shape index (κ1) is 31.3. The van der Waals surface area contributed by atoms with Crippen LogP contribution in [-0.2, 0) is 16.0 Å². The SMILES string of the molecule is CC/C(C)=C/N=C1\NC(c2ccc(NC(=O)Cc3ccc(NC(=O)/C=C/CN(C)C)cc3)cc2)=C\C1=C(\C)C(C)C. The van der Waals surface area contributed by atoms with Crippen molar-refractivity contribution in [3.63, 3.8) is 0 Å². The molecule has 2 amide bonds. The van der Waals surface area contributed by atoms with E-state index in [1.807, 2.05) is 67.7 Å². The second-order valence-electron chi connectivity index (χ2n) is 10.9. The minimum absolute atomic E-state index is 0.107. The number of hydrogen-bond acceptors (Lipinski definition) is 4. The van der Waals surface area contributed by atoms with Crippen molar-refractivity contribution in [1.29, 1.82) is 0 Å². The van der Waals surface area contributed by atoms with Crippen LogP contribution in [0.5, 0.6) is 0 Å². The van der Waals surface area contributed by atoms with E-state index in [1.165, 1.54) is 17.2 Å². The van der Waals surface area contributed by atoms with Gasteiger partial charge in [0.25, 0.3) is 0 Å². The largest absolute Gasteiger partial charge is 0.339 e. The summed E-state index contributed by atoms with van der Waals surface area (Å²) in [6.45, 7) is 11.4. The molecule has 216 valence electrons. The van der Waals surface area contributed by atoms with Crippen LogP contribution >= 0.6 is 0 Å². The Morgan fingerprint density at radius 3 is 2.22 bits per heavy atom. The molecule has 2 aromatic rings. The first-order valence-electron chi connectivity index (χ1n) is 14.1. The molecule has 0 fully saturated rings. The topological polar surface area (TPSA) is 85.8 Å². The van der Waals surface area contributed by atoms with Crippen LogP contribution in [-0.4, -0.2) is 43.2 Å². The fourth-order valence-electron chi connectivity index (χ4n) is 3.96. The van der Waals surface area contributed by atoms with E-state index in [0.717, 1.165) is 40.3 Å². The molecule has 0 atom stereocenters. The summed E-state index contributed by atoms with van der Waals surface area (Å²) in [4.78, 5) is 31.4. The smallest absolute Gasteiger partial charge is 0.248 e. The molecule has 0 saturated carbocycles. The summed E-state index contributed by atoms with van der Waals surface area (Å²) in [6.07, 6.45) is 8.61. The van der Waals surface area contributed by atoms with Gasteiger partial charge in [-0.2, -0.15) is 0 Å². The van der Waals surface area contributed by atoms with Crippen LogP contribution in [0.4, 0.5) is 11.4 Å². The first-order chi connectivity index (χ1) is 19.5. The summed E-state index contributed by atoms with van der Waals surface area (Å²) >= 11 is 0. The predicted molar refractivity (Wildman–Crippen MR) is 172 cm³/mol. The van der Waals surface area contributed by atoms with Crippen LogP contribution in [0, 0.1) is 5.92 Å². The zero-order valence-electron chi connectivity index (χ0n) is 25.3. The number of nitrogens with zero attached hydrogens (tertiary/aromatic N) is 2. The molecule has 0 unspecified atom stereocenters. The highest BCUT2D eigenvalue weighted by molar-refractivity contribution is 6.12. The molecule has 2 aromatic carbocycles. The highest BCUT2D eigenvalue weighted by atomic mass is 16.2. The number of rotatable bonds is 11. The Balaban J connectivity index is 1.61. The van der Waals surface area contributed by atoms with E-state index in [4.69, 9.17) is 4.99 Å². The Hall–Kier alpha value is -4.23. The second kappa shape index (κ2) is 15.0. The Bertz CT molecular complexity index is 1380. The van der Waals surface area contributed by atoms with E-state index < -0.39 is 0 Å². The lowest BCUT2D eigenvalue weighted by atomic mass is 9.98. The van der Waals surface area contributed by atoms with Crippen molar-refractivity contribution >= 4 is 34.7 Å². The quantitative estimate of drug-likeness (QED) is 0.275. The van der Waals surface area contributed by atoms with Crippen LogP contribution in [0.3, 0.4) is 0 Å². The van der Waals surface area contributed by atoms with E-state index in [-0.39, 0.29) is 18.2 Å². The van der Waals surface area contributed by atoms with Crippen LogP contribution in [0.25, 0.3) is 5.70 Å². The predicted octanol–water partition coefficient (Wildman–Crippen LogP) is 6.55. The van der Waals surface area contributed by atoms with Gasteiger partial charge < -0.3 is 20.9 Å². The van der Waals surface area contributed by atoms with Gasteiger partial charge in [0.2, 0.25) is 11.8 Å². The summed E-state index contributed by atoms with van der Waals surface area (Å²) in [6, 6.07) is 15.1.